The molecule has 1 atom stereocenters. The second kappa shape index (κ2) is 9.56. The summed E-state index contributed by atoms with van der Waals surface area (Å²) >= 11 is 0. The minimum absolute atomic E-state index is 0.0349. The summed E-state index contributed by atoms with van der Waals surface area (Å²) in [5.41, 5.74) is 7.89. The Morgan fingerprint density at radius 3 is 2.57 bits per heavy atom. The highest BCUT2D eigenvalue weighted by atomic mass is 19.4. The summed E-state index contributed by atoms with van der Waals surface area (Å²) in [4.78, 5) is 23.2. The molecular formula is C24H22F4N6O3. The lowest BCUT2D eigenvalue weighted by Gasteiger charge is -2.27. The van der Waals surface area contributed by atoms with Gasteiger partial charge in [-0.3, -0.25) is 4.79 Å². The van der Waals surface area contributed by atoms with Gasteiger partial charge in [0.05, 0.1) is 13.2 Å². The first-order chi connectivity index (χ1) is 17.4. The molecule has 2 N–H and O–H groups in total. The topological polar surface area (TPSA) is 108 Å². The average Bonchev–Trinajstić information content (AvgIpc) is 3.22. The minimum Gasteiger partial charge on any atom is -0.480 e. The highest BCUT2D eigenvalue weighted by molar-refractivity contribution is 5.98. The van der Waals surface area contributed by atoms with Crippen LogP contribution in [0.25, 0.3) is 16.8 Å². The van der Waals surface area contributed by atoms with Gasteiger partial charge in [-0.05, 0) is 55.8 Å². The lowest BCUT2D eigenvalue weighted by Crippen LogP contribution is -2.31. The van der Waals surface area contributed by atoms with Crippen LogP contribution in [-0.4, -0.2) is 50.9 Å². The Hall–Kier alpha value is -4.42. The summed E-state index contributed by atoms with van der Waals surface area (Å²) in [5, 5.41) is 4.03. The van der Waals surface area contributed by atoms with Crippen molar-refractivity contribution in [2.45, 2.75) is 26.3 Å². The SMILES string of the molecule is COc1nc(C)c(-c2ccn3nc(N)nc3c2)cc1C(=O)N(C)[C@H](C)c1cc(OC(F)(F)F)ccc1F. The zero-order chi connectivity index (χ0) is 27.1. The summed E-state index contributed by atoms with van der Waals surface area (Å²) in [6.45, 7) is 3.22. The first kappa shape index (κ1) is 25.7. The fourth-order valence-corrected chi connectivity index (χ4v) is 3.86. The summed E-state index contributed by atoms with van der Waals surface area (Å²) in [5.74, 6) is -1.85. The van der Waals surface area contributed by atoms with Crippen molar-refractivity contribution in [1.29, 1.82) is 0 Å². The van der Waals surface area contributed by atoms with Crippen molar-refractivity contribution in [2.24, 2.45) is 0 Å². The van der Waals surface area contributed by atoms with Crippen molar-refractivity contribution >= 4 is 17.5 Å². The van der Waals surface area contributed by atoms with E-state index in [2.05, 4.69) is 19.8 Å². The molecule has 0 fully saturated rings. The highest BCUT2D eigenvalue weighted by Gasteiger charge is 2.32. The van der Waals surface area contributed by atoms with Crippen LogP contribution >= 0.6 is 0 Å². The molecule has 0 bridgehead atoms. The molecule has 0 spiro atoms. The van der Waals surface area contributed by atoms with E-state index in [-0.39, 0.29) is 23.0 Å². The summed E-state index contributed by atoms with van der Waals surface area (Å²) in [6.07, 6.45) is -3.29. The molecular weight excluding hydrogens is 496 g/mol. The van der Waals surface area contributed by atoms with Gasteiger partial charge < -0.3 is 20.1 Å². The molecule has 194 valence electrons. The maximum atomic E-state index is 14.6. The van der Waals surface area contributed by atoms with Crippen molar-refractivity contribution in [2.75, 3.05) is 19.9 Å². The van der Waals surface area contributed by atoms with Crippen LogP contribution in [-0.2, 0) is 0 Å². The molecule has 3 heterocycles. The molecule has 9 nitrogen and oxygen atoms in total. The number of nitrogen functional groups attached to an aromatic ring is 1. The van der Waals surface area contributed by atoms with E-state index in [1.807, 2.05) is 0 Å². The number of nitrogens with two attached hydrogens (primary N) is 1. The average molecular weight is 518 g/mol. The highest BCUT2D eigenvalue weighted by Crippen LogP contribution is 2.33. The maximum absolute atomic E-state index is 14.6. The molecule has 0 aliphatic rings. The van der Waals surface area contributed by atoms with E-state index in [0.29, 0.717) is 22.5 Å². The van der Waals surface area contributed by atoms with Crippen LogP contribution in [0, 0.1) is 12.7 Å². The Balaban J connectivity index is 1.71. The van der Waals surface area contributed by atoms with E-state index in [9.17, 15) is 22.4 Å². The van der Waals surface area contributed by atoms with Gasteiger partial charge in [-0.1, -0.05) is 0 Å². The number of aromatic nitrogens is 4. The van der Waals surface area contributed by atoms with Crippen molar-refractivity contribution < 1.29 is 31.8 Å². The number of fused-ring (bicyclic) bond motifs is 1. The molecule has 0 radical (unpaired) electrons. The monoisotopic (exact) mass is 518 g/mol. The fraction of sp³-hybridized carbons (Fsp3) is 0.250. The molecule has 4 rings (SSSR count). The van der Waals surface area contributed by atoms with Gasteiger partial charge in [-0.15, -0.1) is 18.3 Å². The van der Waals surface area contributed by atoms with Crippen LogP contribution in [0.15, 0.2) is 42.6 Å². The van der Waals surface area contributed by atoms with E-state index >= 15 is 0 Å². The van der Waals surface area contributed by atoms with Crippen LogP contribution in [0.5, 0.6) is 11.6 Å². The van der Waals surface area contributed by atoms with Crippen molar-refractivity contribution in [1.82, 2.24) is 24.5 Å². The third-order valence-electron chi connectivity index (χ3n) is 5.82. The van der Waals surface area contributed by atoms with Crippen LogP contribution in [0.3, 0.4) is 0 Å². The number of ether oxygens (including phenoxy) is 2. The lowest BCUT2D eigenvalue weighted by molar-refractivity contribution is -0.274. The molecule has 13 heteroatoms. The summed E-state index contributed by atoms with van der Waals surface area (Å²) in [7, 11) is 2.75. The van der Waals surface area contributed by atoms with Crippen LogP contribution in [0.1, 0.15) is 34.6 Å². The third-order valence-corrected chi connectivity index (χ3v) is 5.82. The Morgan fingerprint density at radius 2 is 1.89 bits per heavy atom. The Bertz CT molecular complexity index is 1490. The number of hydrogen-bond donors (Lipinski definition) is 1. The first-order valence-corrected chi connectivity index (χ1v) is 10.9. The van der Waals surface area contributed by atoms with E-state index < -0.39 is 29.9 Å². The molecule has 1 aromatic carbocycles. The molecule has 0 unspecified atom stereocenters. The number of amides is 1. The summed E-state index contributed by atoms with van der Waals surface area (Å²) < 4.78 is 63.2. The number of alkyl halides is 3. The van der Waals surface area contributed by atoms with Gasteiger partial charge in [0, 0.05) is 30.1 Å². The fourth-order valence-electron chi connectivity index (χ4n) is 3.86. The number of anilines is 1. The maximum Gasteiger partial charge on any atom is 0.573 e. The van der Waals surface area contributed by atoms with Gasteiger partial charge >= 0.3 is 6.36 Å². The molecule has 3 aromatic heterocycles. The molecule has 0 aliphatic heterocycles. The van der Waals surface area contributed by atoms with Gasteiger partial charge in [-0.25, -0.2) is 13.9 Å². The number of hydrogen-bond acceptors (Lipinski definition) is 7. The zero-order valence-electron chi connectivity index (χ0n) is 20.2. The second-order valence-corrected chi connectivity index (χ2v) is 8.19. The van der Waals surface area contributed by atoms with Gasteiger partial charge in [0.1, 0.15) is 17.1 Å². The smallest absolute Gasteiger partial charge is 0.480 e. The zero-order valence-corrected chi connectivity index (χ0v) is 20.2. The van der Waals surface area contributed by atoms with Crippen molar-refractivity contribution in [3.05, 3.63) is 65.2 Å². The molecule has 4 aromatic rings. The molecule has 0 saturated carbocycles. The van der Waals surface area contributed by atoms with Crippen molar-refractivity contribution in [3.63, 3.8) is 0 Å². The Labute approximate surface area is 208 Å². The quantitative estimate of drug-likeness (QED) is 0.373. The van der Waals surface area contributed by atoms with Crippen LogP contribution in [0.2, 0.25) is 0 Å². The van der Waals surface area contributed by atoms with E-state index in [1.54, 1.807) is 31.3 Å². The second-order valence-electron chi connectivity index (χ2n) is 8.19. The van der Waals surface area contributed by atoms with Gasteiger partial charge in [0.2, 0.25) is 11.8 Å². The largest absolute Gasteiger partial charge is 0.573 e. The number of benzene rings is 1. The number of rotatable bonds is 6. The predicted molar refractivity (Wildman–Crippen MR) is 126 cm³/mol. The van der Waals surface area contributed by atoms with E-state index in [0.717, 1.165) is 18.2 Å². The molecule has 37 heavy (non-hydrogen) atoms. The van der Waals surface area contributed by atoms with E-state index in [4.69, 9.17) is 10.5 Å². The van der Waals surface area contributed by atoms with Crippen molar-refractivity contribution in [3.8, 4) is 22.8 Å². The Morgan fingerprint density at radius 1 is 1.16 bits per heavy atom. The number of carbonyl (C=O) groups is 1. The van der Waals surface area contributed by atoms with Crippen LogP contribution in [0.4, 0.5) is 23.5 Å². The minimum atomic E-state index is -4.95. The predicted octanol–water partition coefficient (Wildman–Crippen LogP) is 4.56. The van der Waals surface area contributed by atoms with Crippen LogP contribution < -0.4 is 15.2 Å². The summed E-state index contributed by atoms with van der Waals surface area (Å²) in [6, 6.07) is 6.71. The lowest BCUT2D eigenvalue weighted by atomic mass is 10.0. The van der Waals surface area contributed by atoms with Gasteiger partial charge in [0.25, 0.3) is 5.91 Å². The number of methoxy groups -OCH3 is 1. The number of carbonyl (C=O) groups excluding carboxylic acids is 1. The number of aryl methyl sites for hydroxylation is 1. The normalized spacial score (nSPS) is 12.4. The molecule has 0 aliphatic carbocycles. The Kier molecular flexibility index (Phi) is 6.63. The van der Waals surface area contributed by atoms with Gasteiger partial charge in [-0.2, -0.15) is 4.98 Å². The number of nitrogens with zero attached hydrogens (tertiary/aromatic N) is 5. The molecule has 0 saturated heterocycles. The van der Waals surface area contributed by atoms with E-state index in [1.165, 1.54) is 30.5 Å². The standard InChI is InChI=1S/C24H22F4N6O3/c1-12-16(14-7-8-34-20(9-14)31-23(29)32-34)11-18(21(30-12)36-4)22(35)33(3)13(2)17-10-15(5-6-19(17)25)37-24(26,27)28/h5-11,13H,1-4H3,(H2,29,32)/t13-/m1/s1. The first-order valence-electron chi connectivity index (χ1n) is 10.9. The van der Waals surface area contributed by atoms with Gasteiger partial charge in [0.15, 0.2) is 5.65 Å². The molecule has 1 amide bonds. The number of pyridine rings is 2. The number of halogens is 4. The third kappa shape index (κ3) is 5.25.